The minimum atomic E-state index is -0.657. The van der Waals surface area contributed by atoms with E-state index in [4.69, 9.17) is 5.26 Å². The Morgan fingerprint density at radius 3 is 2.48 bits per heavy atom. The summed E-state index contributed by atoms with van der Waals surface area (Å²) >= 11 is 1.42. The molecule has 1 unspecified atom stereocenters. The number of carbonyl (C=O) groups excluding carboxylic acids is 2. The van der Waals surface area contributed by atoms with Crippen LogP contribution in [0.1, 0.15) is 30.3 Å². The van der Waals surface area contributed by atoms with Crippen molar-refractivity contribution in [3.8, 4) is 6.07 Å². The summed E-state index contributed by atoms with van der Waals surface area (Å²) in [4.78, 5) is 27.6. The monoisotopic (exact) mass is 352 g/mol. The lowest BCUT2D eigenvalue weighted by Gasteiger charge is -2.26. The molecule has 1 aliphatic rings. The van der Waals surface area contributed by atoms with E-state index in [1.54, 1.807) is 38.1 Å². The second-order valence-electron chi connectivity index (χ2n) is 6.03. The molecular formula is C19H16N2O3S. The number of benzene rings is 1. The lowest BCUT2D eigenvalue weighted by Crippen LogP contribution is -2.31. The molecule has 1 N–H and O–H groups in total. The second-order valence-corrected chi connectivity index (χ2v) is 7.01. The van der Waals surface area contributed by atoms with Gasteiger partial charge in [0.1, 0.15) is 6.04 Å². The van der Waals surface area contributed by atoms with Crippen LogP contribution < -0.4 is 4.90 Å². The van der Waals surface area contributed by atoms with Crippen molar-refractivity contribution in [2.75, 3.05) is 4.90 Å². The van der Waals surface area contributed by atoms with E-state index < -0.39 is 17.7 Å². The first-order valence-corrected chi connectivity index (χ1v) is 8.68. The zero-order valence-corrected chi connectivity index (χ0v) is 14.6. The number of amides is 1. The van der Waals surface area contributed by atoms with E-state index in [1.807, 2.05) is 23.6 Å². The third-order valence-corrected chi connectivity index (χ3v) is 5.01. The van der Waals surface area contributed by atoms with Gasteiger partial charge < -0.3 is 5.11 Å². The Morgan fingerprint density at radius 1 is 1.28 bits per heavy atom. The first-order chi connectivity index (χ1) is 12.0. The van der Waals surface area contributed by atoms with Gasteiger partial charge in [0.15, 0.2) is 11.5 Å². The molecule has 0 saturated carbocycles. The summed E-state index contributed by atoms with van der Waals surface area (Å²) in [5.74, 6) is -1.69. The molecule has 3 rings (SSSR count). The maximum absolute atomic E-state index is 12.7. The molecule has 126 valence electrons. The van der Waals surface area contributed by atoms with Crippen molar-refractivity contribution in [1.29, 1.82) is 5.26 Å². The van der Waals surface area contributed by atoms with E-state index in [2.05, 4.69) is 0 Å². The predicted octanol–water partition coefficient (Wildman–Crippen LogP) is 3.74. The second kappa shape index (κ2) is 6.54. The SMILES string of the molecule is CC(C)C(=O)C1=C(O)C(=O)N(c2ccc(C#N)cc2)C1c1cccs1. The summed E-state index contributed by atoms with van der Waals surface area (Å²) in [7, 11) is 0. The molecule has 0 fully saturated rings. The number of thiophene rings is 1. The van der Waals surface area contributed by atoms with Gasteiger partial charge in [-0.25, -0.2) is 0 Å². The first kappa shape index (κ1) is 16.9. The number of Topliss-reactive ketones (excluding diaryl/α,β-unsaturated/α-hetero) is 1. The Kier molecular flexibility index (Phi) is 4.43. The highest BCUT2D eigenvalue weighted by atomic mass is 32.1. The molecule has 1 aromatic heterocycles. The van der Waals surface area contributed by atoms with Crippen LogP contribution in [0.25, 0.3) is 0 Å². The largest absolute Gasteiger partial charge is 0.503 e. The lowest BCUT2D eigenvalue weighted by atomic mass is 9.94. The fourth-order valence-electron chi connectivity index (χ4n) is 2.85. The number of aliphatic hydroxyl groups is 1. The molecule has 0 radical (unpaired) electrons. The van der Waals surface area contributed by atoms with Crippen LogP contribution in [-0.4, -0.2) is 16.8 Å². The molecule has 2 heterocycles. The van der Waals surface area contributed by atoms with E-state index in [1.165, 1.54) is 16.2 Å². The minimum Gasteiger partial charge on any atom is -0.503 e. The van der Waals surface area contributed by atoms with Crippen molar-refractivity contribution >= 4 is 28.7 Å². The molecule has 1 amide bonds. The number of carbonyl (C=O) groups is 2. The van der Waals surface area contributed by atoms with Crippen LogP contribution in [-0.2, 0) is 9.59 Å². The van der Waals surface area contributed by atoms with Crippen LogP contribution in [0.3, 0.4) is 0 Å². The molecule has 1 aromatic carbocycles. The summed E-state index contributed by atoms with van der Waals surface area (Å²) in [6.07, 6.45) is 0. The Hall–Kier alpha value is -2.91. The van der Waals surface area contributed by atoms with Gasteiger partial charge in [-0.05, 0) is 35.7 Å². The number of aliphatic hydroxyl groups excluding tert-OH is 1. The van der Waals surface area contributed by atoms with E-state index in [0.29, 0.717) is 11.3 Å². The van der Waals surface area contributed by atoms with Crippen molar-refractivity contribution in [2.24, 2.45) is 5.92 Å². The molecule has 0 aliphatic carbocycles. The minimum absolute atomic E-state index is 0.131. The smallest absolute Gasteiger partial charge is 0.294 e. The van der Waals surface area contributed by atoms with Crippen LogP contribution in [0.2, 0.25) is 0 Å². The Balaban J connectivity index is 2.13. The highest BCUT2D eigenvalue weighted by molar-refractivity contribution is 7.10. The fraction of sp³-hybridized carbons (Fsp3) is 0.211. The topological polar surface area (TPSA) is 81.4 Å². The number of anilines is 1. The number of nitriles is 1. The summed E-state index contributed by atoms with van der Waals surface area (Å²) in [5.41, 5.74) is 1.13. The van der Waals surface area contributed by atoms with Crippen molar-refractivity contribution < 1.29 is 14.7 Å². The van der Waals surface area contributed by atoms with Gasteiger partial charge >= 0.3 is 0 Å². The maximum atomic E-state index is 12.7. The Labute approximate surface area is 149 Å². The average molecular weight is 352 g/mol. The normalized spacial score (nSPS) is 17.3. The van der Waals surface area contributed by atoms with Crippen LogP contribution in [0.4, 0.5) is 5.69 Å². The van der Waals surface area contributed by atoms with Crippen LogP contribution >= 0.6 is 11.3 Å². The van der Waals surface area contributed by atoms with Crippen molar-refractivity contribution in [2.45, 2.75) is 19.9 Å². The molecule has 1 atom stereocenters. The van der Waals surface area contributed by atoms with Crippen molar-refractivity contribution in [3.63, 3.8) is 0 Å². The van der Waals surface area contributed by atoms with Gasteiger partial charge in [0.2, 0.25) is 0 Å². The first-order valence-electron chi connectivity index (χ1n) is 7.80. The van der Waals surface area contributed by atoms with E-state index >= 15 is 0 Å². The zero-order chi connectivity index (χ0) is 18.1. The van der Waals surface area contributed by atoms with Crippen LogP contribution in [0.15, 0.2) is 53.1 Å². The third kappa shape index (κ3) is 2.83. The highest BCUT2D eigenvalue weighted by Gasteiger charge is 2.45. The summed E-state index contributed by atoms with van der Waals surface area (Å²) < 4.78 is 0. The maximum Gasteiger partial charge on any atom is 0.294 e. The Bertz CT molecular complexity index is 890. The molecule has 5 nitrogen and oxygen atoms in total. The average Bonchev–Trinajstić information content (AvgIpc) is 3.22. The molecule has 6 heteroatoms. The molecule has 0 saturated heterocycles. The number of rotatable bonds is 4. The number of nitrogens with zero attached hydrogens (tertiary/aromatic N) is 2. The fourth-order valence-corrected chi connectivity index (χ4v) is 3.67. The quantitative estimate of drug-likeness (QED) is 0.909. The number of hydrogen-bond donors (Lipinski definition) is 1. The van der Waals surface area contributed by atoms with Gasteiger partial charge in [0.25, 0.3) is 5.91 Å². The third-order valence-electron chi connectivity index (χ3n) is 4.09. The summed E-state index contributed by atoms with van der Waals surface area (Å²) in [6.45, 7) is 3.48. The van der Waals surface area contributed by atoms with Gasteiger partial charge in [-0.1, -0.05) is 19.9 Å². The van der Waals surface area contributed by atoms with E-state index in [-0.39, 0.29) is 17.3 Å². The lowest BCUT2D eigenvalue weighted by molar-refractivity contribution is -0.119. The van der Waals surface area contributed by atoms with Crippen LogP contribution in [0, 0.1) is 17.2 Å². The number of hydrogen-bond acceptors (Lipinski definition) is 5. The van der Waals surface area contributed by atoms with E-state index in [9.17, 15) is 14.7 Å². The summed E-state index contributed by atoms with van der Waals surface area (Å²) in [5, 5.41) is 21.2. The summed E-state index contributed by atoms with van der Waals surface area (Å²) in [6, 6.07) is 11.6. The van der Waals surface area contributed by atoms with Gasteiger partial charge in [0.05, 0.1) is 17.2 Å². The predicted molar refractivity (Wildman–Crippen MR) is 95.2 cm³/mol. The van der Waals surface area contributed by atoms with Gasteiger partial charge in [-0.15, -0.1) is 11.3 Å². The molecule has 0 spiro atoms. The van der Waals surface area contributed by atoms with Gasteiger partial charge in [-0.3, -0.25) is 14.5 Å². The van der Waals surface area contributed by atoms with E-state index in [0.717, 1.165) is 4.88 Å². The Morgan fingerprint density at radius 2 is 1.96 bits per heavy atom. The molecular weight excluding hydrogens is 336 g/mol. The van der Waals surface area contributed by atoms with Crippen molar-refractivity contribution in [3.05, 3.63) is 63.6 Å². The van der Waals surface area contributed by atoms with Crippen LogP contribution in [0.5, 0.6) is 0 Å². The number of ketones is 1. The zero-order valence-electron chi connectivity index (χ0n) is 13.8. The van der Waals surface area contributed by atoms with Gasteiger partial charge in [0, 0.05) is 16.5 Å². The van der Waals surface area contributed by atoms with Gasteiger partial charge in [-0.2, -0.15) is 5.26 Å². The molecule has 1 aliphatic heterocycles. The molecule has 0 bridgehead atoms. The molecule has 2 aromatic rings. The highest BCUT2D eigenvalue weighted by Crippen LogP contribution is 2.43. The molecule has 25 heavy (non-hydrogen) atoms. The standard InChI is InChI=1S/C19H16N2O3S/c1-11(2)17(22)15-16(14-4-3-9-25-14)21(19(24)18(15)23)13-7-5-12(10-20)6-8-13/h3-9,11,16,23H,1-2H3. The van der Waals surface area contributed by atoms with Crippen molar-refractivity contribution in [1.82, 2.24) is 0 Å².